The van der Waals surface area contributed by atoms with Gasteiger partial charge in [-0.15, -0.1) is 0 Å². The predicted octanol–water partition coefficient (Wildman–Crippen LogP) is 7.48. The third-order valence-electron chi connectivity index (χ3n) is 4.55. The van der Waals surface area contributed by atoms with Crippen molar-refractivity contribution in [2.45, 2.75) is 78.1 Å². The number of alkyl halides is 2. The van der Waals surface area contributed by atoms with Crippen LogP contribution in [0.1, 0.15) is 76.3 Å². The highest BCUT2D eigenvalue weighted by Crippen LogP contribution is 2.33. The molecule has 0 N–H and O–H groups in total. The standard InChI is InChI=1S/C22H36Br2O2/c1-3-5-7-9-17-25-21-11-12-22(26-18-10-8-6-4-2)20(14-16-24)19(21)13-15-23/h11-12H,3-10,13-18H2,1-2H3. The molecule has 4 heteroatoms. The van der Waals surface area contributed by atoms with Gasteiger partial charge in [-0.2, -0.15) is 0 Å². The molecule has 0 atom stereocenters. The second kappa shape index (κ2) is 15.8. The fraction of sp³-hybridized carbons (Fsp3) is 0.727. The molecule has 0 fully saturated rings. The molecule has 0 amide bonds. The molecule has 1 aromatic rings. The minimum Gasteiger partial charge on any atom is -0.493 e. The number of hydrogen-bond donors (Lipinski definition) is 0. The Balaban J connectivity index is 2.79. The smallest absolute Gasteiger partial charge is 0.123 e. The van der Waals surface area contributed by atoms with Gasteiger partial charge in [0, 0.05) is 21.8 Å². The molecule has 0 radical (unpaired) electrons. The van der Waals surface area contributed by atoms with E-state index in [1.54, 1.807) is 0 Å². The van der Waals surface area contributed by atoms with Crippen LogP contribution in [0.25, 0.3) is 0 Å². The van der Waals surface area contributed by atoms with Gasteiger partial charge in [-0.3, -0.25) is 0 Å². The number of ether oxygens (including phenoxy) is 2. The van der Waals surface area contributed by atoms with Crippen LogP contribution < -0.4 is 9.47 Å². The molecule has 1 rings (SSSR count). The average molecular weight is 492 g/mol. The second-order valence-corrected chi connectivity index (χ2v) is 8.30. The summed E-state index contributed by atoms with van der Waals surface area (Å²) in [5.74, 6) is 2.07. The molecule has 0 saturated heterocycles. The van der Waals surface area contributed by atoms with E-state index in [1.807, 2.05) is 0 Å². The lowest BCUT2D eigenvalue weighted by atomic mass is 10.0. The minimum absolute atomic E-state index is 0.806. The number of halogens is 2. The SMILES string of the molecule is CCCCCCOc1ccc(OCCCCCC)c(CCBr)c1CCBr. The van der Waals surface area contributed by atoms with Gasteiger partial charge in [-0.05, 0) is 37.8 Å². The summed E-state index contributed by atoms with van der Waals surface area (Å²) in [6.07, 6.45) is 11.8. The van der Waals surface area contributed by atoms with Gasteiger partial charge in [0.15, 0.2) is 0 Å². The van der Waals surface area contributed by atoms with E-state index in [9.17, 15) is 0 Å². The molecule has 1 aromatic carbocycles. The Kier molecular flexibility index (Phi) is 14.5. The van der Waals surface area contributed by atoms with Crippen LogP contribution in [0.4, 0.5) is 0 Å². The van der Waals surface area contributed by atoms with Crippen molar-refractivity contribution in [3.8, 4) is 11.5 Å². The molecular weight excluding hydrogens is 456 g/mol. The summed E-state index contributed by atoms with van der Waals surface area (Å²) in [5, 5.41) is 1.88. The first kappa shape index (κ1) is 23.8. The molecule has 0 heterocycles. The highest BCUT2D eigenvalue weighted by atomic mass is 79.9. The molecule has 150 valence electrons. The van der Waals surface area contributed by atoms with Gasteiger partial charge in [0.1, 0.15) is 11.5 Å². The summed E-state index contributed by atoms with van der Waals surface area (Å²) in [6.45, 7) is 6.09. The Morgan fingerprint density at radius 1 is 0.654 bits per heavy atom. The summed E-state index contributed by atoms with van der Waals surface area (Å²) >= 11 is 7.21. The first-order chi connectivity index (χ1) is 12.8. The Hall–Kier alpha value is -0.220. The fourth-order valence-electron chi connectivity index (χ4n) is 3.08. The molecule has 0 aliphatic heterocycles. The molecule has 0 saturated carbocycles. The van der Waals surface area contributed by atoms with Crippen molar-refractivity contribution in [3.05, 3.63) is 23.3 Å². The summed E-state index contributed by atoms with van der Waals surface area (Å²) in [6, 6.07) is 4.22. The quantitative estimate of drug-likeness (QED) is 0.176. The summed E-state index contributed by atoms with van der Waals surface area (Å²) in [5.41, 5.74) is 2.62. The van der Waals surface area contributed by atoms with E-state index in [4.69, 9.17) is 9.47 Å². The highest BCUT2D eigenvalue weighted by Gasteiger charge is 2.15. The maximum atomic E-state index is 6.14. The van der Waals surface area contributed by atoms with Crippen LogP contribution in [0.3, 0.4) is 0 Å². The number of hydrogen-bond acceptors (Lipinski definition) is 2. The van der Waals surface area contributed by atoms with E-state index in [1.165, 1.54) is 49.7 Å². The summed E-state index contributed by atoms with van der Waals surface area (Å²) < 4.78 is 12.3. The van der Waals surface area contributed by atoms with Crippen molar-refractivity contribution >= 4 is 31.9 Å². The zero-order valence-corrected chi connectivity index (χ0v) is 19.8. The van der Waals surface area contributed by atoms with E-state index >= 15 is 0 Å². The molecule has 0 aromatic heterocycles. The Bertz CT molecular complexity index is 434. The van der Waals surface area contributed by atoms with Gasteiger partial charge in [0.05, 0.1) is 13.2 Å². The van der Waals surface area contributed by atoms with Gasteiger partial charge < -0.3 is 9.47 Å². The largest absolute Gasteiger partial charge is 0.493 e. The summed E-state index contributed by atoms with van der Waals surface area (Å²) in [4.78, 5) is 0. The maximum absolute atomic E-state index is 6.14. The van der Waals surface area contributed by atoms with Crippen LogP contribution in [0.2, 0.25) is 0 Å². The van der Waals surface area contributed by atoms with Gasteiger partial charge in [-0.1, -0.05) is 84.2 Å². The molecule has 26 heavy (non-hydrogen) atoms. The lowest BCUT2D eigenvalue weighted by Crippen LogP contribution is -2.08. The van der Waals surface area contributed by atoms with Gasteiger partial charge in [-0.25, -0.2) is 0 Å². The molecular formula is C22H36Br2O2. The topological polar surface area (TPSA) is 18.5 Å². The maximum Gasteiger partial charge on any atom is 0.123 e. The lowest BCUT2D eigenvalue weighted by molar-refractivity contribution is 0.292. The van der Waals surface area contributed by atoms with Gasteiger partial charge in [0.25, 0.3) is 0 Å². The molecule has 0 aliphatic rings. The van der Waals surface area contributed by atoms with Crippen LogP contribution in [-0.2, 0) is 12.8 Å². The van der Waals surface area contributed by atoms with Crippen molar-refractivity contribution in [2.24, 2.45) is 0 Å². The minimum atomic E-state index is 0.806. The monoisotopic (exact) mass is 490 g/mol. The van der Waals surface area contributed by atoms with Crippen LogP contribution in [-0.4, -0.2) is 23.9 Å². The van der Waals surface area contributed by atoms with E-state index in [2.05, 4.69) is 57.8 Å². The van der Waals surface area contributed by atoms with Crippen molar-refractivity contribution in [2.75, 3.05) is 23.9 Å². The summed E-state index contributed by atoms with van der Waals surface area (Å²) in [7, 11) is 0. The van der Waals surface area contributed by atoms with Crippen LogP contribution in [0, 0.1) is 0 Å². The van der Waals surface area contributed by atoms with Gasteiger partial charge >= 0.3 is 0 Å². The van der Waals surface area contributed by atoms with E-state index < -0.39 is 0 Å². The third-order valence-corrected chi connectivity index (χ3v) is 5.34. The van der Waals surface area contributed by atoms with Crippen molar-refractivity contribution in [1.82, 2.24) is 0 Å². The normalized spacial score (nSPS) is 10.9. The van der Waals surface area contributed by atoms with E-state index in [-0.39, 0.29) is 0 Å². The molecule has 0 spiro atoms. The molecule has 0 bridgehead atoms. The number of unbranched alkanes of at least 4 members (excludes halogenated alkanes) is 6. The van der Waals surface area contributed by atoms with Crippen LogP contribution >= 0.6 is 31.9 Å². The zero-order valence-electron chi connectivity index (χ0n) is 16.6. The second-order valence-electron chi connectivity index (χ2n) is 6.72. The van der Waals surface area contributed by atoms with Crippen LogP contribution in [0.5, 0.6) is 11.5 Å². The molecule has 0 unspecified atom stereocenters. The number of benzene rings is 1. The first-order valence-electron chi connectivity index (χ1n) is 10.3. The van der Waals surface area contributed by atoms with Crippen molar-refractivity contribution < 1.29 is 9.47 Å². The Labute approximate surface area is 177 Å². The van der Waals surface area contributed by atoms with Crippen molar-refractivity contribution in [1.29, 1.82) is 0 Å². The highest BCUT2D eigenvalue weighted by molar-refractivity contribution is 9.09. The van der Waals surface area contributed by atoms with E-state index in [0.717, 1.165) is 61.1 Å². The lowest BCUT2D eigenvalue weighted by Gasteiger charge is -2.19. The zero-order chi connectivity index (χ0) is 19.0. The predicted molar refractivity (Wildman–Crippen MR) is 121 cm³/mol. The third kappa shape index (κ3) is 9.12. The Morgan fingerprint density at radius 3 is 1.42 bits per heavy atom. The fourth-order valence-corrected chi connectivity index (χ4v) is 3.87. The Morgan fingerprint density at radius 2 is 1.08 bits per heavy atom. The average Bonchev–Trinajstić information content (AvgIpc) is 2.65. The molecule has 0 aliphatic carbocycles. The van der Waals surface area contributed by atoms with E-state index in [0.29, 0.717) is 0 Å². The first-order valence-corrected chi connectivity index (χ1v) is 12.5. The van der Waals surface area contributed by atoms with Crippen molar-refractivity contribution in [3.63, 3.8) is 0 Å². The van der Waals surface area contributed by atoms with Crippen LogP contribution in [0.15, 0.2) is 12.1 Å². The van der Waals surface area contributed by atoms with Gasteiger partial charge in [0.2, 0.25) is 0 Å². The number of rotatable bonds is 16. The molecule has 2 nitrogen and oxygen atoms in total.